The van der Waals surface area contributed by atoms with Crippen molar-refractivity contribution in [3.8, 4) is 5.69 Å². The maximum Gasteiger partial charge on any atom is 0.425 e. The molecule has 0 unspecified atom stereocenters. The molecule has 3 aromatic rings. The summed E-state index contributed by atoms with van der Waals surface area (Å²) in [7, 11) is 0. The molecule has 1 atom stereocenters. The highest BCUT2D eigenvalue weighted by Gasteiger charge is 2.68. The number of anilines is 1. The van der Waals surface area contributed by atoms with E-state index in [4.69, 9.17) is 0 Å². The predicted octanol–water partition coefficient (Wildman–Crippen LogP) is 1.73. The molecule has 0 saturated heterocycles. The zero-order valence-electron chi connectivity index (χ0n) is 14.7. The number of carbonyl (C=O) groups is 2. The van der Waals surface area contributed by atoms with Gasteiger partial charge in [0.15, 0.2) is 0 Å². The summed E-state index contributed by atoms with van der Waals surface area (Å²) in [4.78, 5) is 51.6. The summed E-state index contributed by atoms with van der Waals surface area (Å²) in [6.45, 7) is 0. The second-order valence-electron chi connectivity index (χ2n) is 6.29. The number of amides is 2. The molecule has 0 spiro atoms. The van der Waals surface area contributed by atoms with Gasteiger partial charge in [0.25, 0.3) is 22.9 Å². The van der Waals surface area contributed by atoms with Crippen LogP contribution >= 0.6 is 11.3 Å². The average molecular weight is 436 g/mol. The van der Waals surface area contributed by atoms with E-state index in [0.717, 1.165) is 15.9 Å². The van der Waals surface area contributed by atoms with E-state index in [1.165, 1.54) is 41.8 Å². The van der Waals surface area contributed by atoms with Crippen molar-refractivity contribution in [2.24, 2.45) is 0 Å². The third-order valence-corrected chi connectivity index (χ3v) is 5.41. The van der Waals surface area contributed by atoms with Crippen molar-refractivity contribution in [3.05, 3.63) is 79.1 Å². The Labute approximate surface area is 169 Å². The number of benzene rings is 1. The Morgan fingerprint density at radius 3 is 2.37 bits per heavy atom. The van der Waals surface area contributed by atoms with Gasteiger partial charge in [-0.05, 0) is 23.6 Å². The predicted molar refractivity (Wildman–Crippen MR) is 101 cm³/mol. The lowest BCUT2D eigenvalue weighted by atomic mass is 9.92. The first kappa shape index (κ1) is 19.6. The minimum atomic E-state index is -5.39. The second-order valence-corrected chi connectivity index (χ2v) is 7.23. The molecule has 4 rings (SSSR count). The van der Waals surface area contributed by atoms with Gasteiger partial charge in [-0.3, -0.25) is 19.4 Å². The van der Waals surface area contributed by atoms with Gasteiger partial charge in [-0.1, -0.05) is 24.3 Å². The smallest absolute Gasteiger partial charge is 0.326 e. The Balaban J connectivity index is 2.01. The third kappa shape index (κ3) is 2.76. The third-order valence-electron chi connectivity index (χ3n) is 4.54. The first-order chi connectivity index (χ1) is 14.2. The summed E-state index contributed by atoms with van der Waals surface area (Å²) < 4.78 is 43.5. The van der Waals surface area contributed by atoms with E-state index in [-0.39, 0.29) is 10.6 Å². The number of nitrogens with zero attached hydrogens (tertiary/aromatic N) is 1. The number of carbonyl (C=O) groups excluding carboxylic acids is 2. The number of halogens is 3. The monoisotopic (exact) mass is 436 g/mol. The molecule has 12 heteroatoms. The molecule has 0 saturated carbocycles. The summed E-state index contributed by atoms with van der Waals surface area (Å²) in [5, 5.41) is 5.12. The molecule has 30 heavy (non-hydrogen) atoms. The number of hydrogen-bond acceptors (Lipinski definition) is 5. The molecule has 154 valence electrons. The lowest BCUT2D eigenvalue weighted by Crippen LogP contribution is -2.62. The van der Waals surface area contributed by atoms with Crippen LogP contribution in [-0.4, -0.2) is 27.5 Å². The van der Waals surface area contributed by atoms with Crippen LogP contribution in [0.15, 0.2) is 57.4 Å². The maximum atomic E-state index is 14.2. The second kappa shape index (κ2) is 6.69. The summed E-state index contributed by atoms with van der Waals surface area (Å²) in [6, 6.07) is 10.2. The van der Waals surface area contributed by atoms with Gasteiger partial charge in [-0.2, -0.15) is 13.2 Å². The van der Waals surface area contributed by atoms with Crippen LogP contribution < -0.4 is 21.9 Å². The van der Waals surface area contributed by atoms with Crippen molar-refractivity contribution in [1.82, 2.24) is 14.9 Å². The quantitative estimate of drug-likeness (QED) is 0.580. The molecule has 0 fully saturated rings. The molecule has 0 radical (unpaired) electrons. The number of para-hydroxylation sites is 1. The molecular weight excluding hydrogens is 425 g/mol. The number of rotatable bonds is 3. The molecule has 3 heterocycles. The van der Waals surface area contributed by atoms with Crippen LogP contribution in [0.4, 0.5) is 19.0 Å². The van der Waals surface area contributed by atoms with E-state index in [9.17, 15) is 32.3 Å². The lowest BCUT2D eigenvalue weighted by molar-refractivity contribution is -0.196. The minimum Gasteiger partial charge on any atom is -0.326 e. The summed E-state index contributed by atoms with van der Waals surface area (Å²) >= 11 is 0.861. The van der Waals surface area contributed by atoms with Crippen molar-refractivity contribution in [2.75, 3.05) is 5.32 Å². The number of thiophene rings is 1. The molecular formula is C18H11F3N4O4S. The molecule has 2 amide bonds. The highest BCUT2D eigenvalue weighted by Crippen LogP contribution is 2.45. The lowest BCUT2D eigenvalue weighted by Gasteiger charge is -2.29. The van der Waals surface area contributed by atoms with E-state index in [0.29, 0.717) is 0 Å². The van der Waals surface area contributed by atoms with Crippen molar-refractivity contribution in [1.29, 1.82) is 0 Å². The zero-order chi connectivity index (χ0) is 21.7. The van der Waals surface area contributed by atoms with Gasteiger partial charge in [0, 0.05) is 0 Å². The number of nitrogens with one attached hydrogen (secondary N) is 3. The van der Waals surface area contributed by atoms with Crippen LogP contribution in [0.25, 0.3) is 5.69 Å². The molecule has 8 nitrogen and oxygen atoms in total. The van der Waals surface area contributed by atoms with Crippen LogP contribution in [-0.2, 0) is 10.3 Å². The molecule has 1 aliphatic heterocycles. The van der Waals surface area contributed by atoms with Gasteiger partial charge in [-0.25, -0.2) is 9.36 Å². The summed E-state index contributed by atoms with van der Waals surface area (Å²) in [5.74, 6) is -3.55. The summed E-state index contributed by atoms with van der Waals surface area (Å²) in [5.41, 5.74) is -7.18. The SMILES string of the molecule is O=C(N[C@]1(C(F)(F)F)C(=O)Nc2c1c(=O)[nH]c(=O)n2-c1ccccc1)c1cccs1. The molecule has 1 aromatic carbocycles. The number of aromatic amines is 1. The molecule has 1 aliphatic rings. The van der Waals surface area contributed by atoms with Gasteiger partial charge in [0.05, 0.1) is 10.6 Å². The van der Waals surface area contributed by atoms with Crippen molar-refractivity contribution < 1.29 is 22.8 Å². The van der Waals surface area contributed by atoms with E-state index < -0.39 is 46.2 Å². The Morgan fingerprint density at radius 1 is 1.07 bits per heavy atom. The number of aromatic nitrogens is 2. The van der Waals surface area contributed by atoms with Crippen LogP contribution in [0.2, 0.25) is 0 Å². The Bertz CT molecular complexity index is 1270. The van der Waals surface area contributed by atoms with Crippen molar-refractivity contribution in [3.63, 3.8) is 0 Å². The topological polar surface area (TPSA) is 113 Å². The number of hydrogen-bond donors (Lipinski definition) is 3. The fraction of sp³-hybridized carbons (Fsp3) is 0.111. The van der Waals surface area contributed by atoms with E-state index in [2.05, 4.69) is 0 Å². The van der Waals surface area contributed by atoms with Crippen LogP contribution in [0.5, 0.6) is 0 Å². The first-order valence-corrected chi connectivity index (χ1v) is 9.24. The van der Waals surface area contributed by atoms with Gasteiger partial charge in [0.2, 0.25) is 0 Å². The standard InChI is InChI=1S/C18H11F3N4O4S/c19-18(20,21)17(24-13(26)10-7-4-8-30-10)11-12(22-15(17)28)25(16(29)23-14(11)27)9-5-2-1-3-6-9/h1-8H,(H,22,28)(H,24,26)(H,23,27,29)/t17-/m0/s1. The maximum absolute atomic E-state index is 14.2. The normalized spacial score (nSPS) is 18.0. The van der Waals surface area contributed by atoms with Gasteiger partial charge in [-0.15, -0.1) is 11.3 Å². The summed E-state index contributed by atoms with van der Waals surface area (Å²) in [6.07, 6.45) is -5.39. The average Bonchev–Trinajstić information content (AvgIpc) is 3.30. The number of H-pyrrole nitrogens is 1. The largest absolute Gasteiger partial charge is 0.425 e. The highest BCUT2D eigenvalue weighted by molar-refractivity contribution is 7.12. The van der Waals surface area contributed by atoms with Crippen molar-refractivity contribution in [2.45, 2.75) is 11.7 Å². The van der Waals surface area contributed by atoms with Gasteiger partial charge in [0.1, 0.15) is 11.4 Å². The molecule has 2 aromatic heterocycles. The first-order valence-electron chi connectivity index (χ1n) is 8.36. The molecule has 3 N–H and O–H groups in total. The van der Waals surface area contributed by atoms with Crippen LogP contribution in [0.3, 0.4) is 0 Å². The molecule has 0 aliphatic carbocycles. The zero-order valence-corrected chi connectivity index (χ0v) is 15.6. The van der Waals surface area contributed by atoms with Crippen molar-refractivity contribution >= 4 is 29.0 Å². The van der Waals surface area contributed by atoms with Crippen LogP contribution in [0.1, 0.15) is 15.2 Å². The highest BCUT2D eigenvalue weighted by atomic mass is 32.1. The minimum absolute atomic E-state index is 0.0901. The fourth-order valence-electron chi connectivity index (χ4n) is 3.24. The number of alkyl halides is 3. The van der Waals surface area contributed by atoms with Crippen LogP contribution in [0, 0.1) is 0 Å². The molecule has 0 bridgehead atoms. The van der Waals surface area contributed by atoms with E-state index in [1.807, 2.05) is 5.32 Å². The van der Waals surface area contributed by atoms with Gasteiger partial charge < -0.3 is 10.6 Å². The van der Waals surface area contributed by atoms with E-state index >= 15 is 0 Å². The Hall–Kier alpha value is -3.67. The van der Waals surface area contributed by atoms with E-state index in [1.54, 1.807) is 16.4 Å². The Morgan fingerprint density at radius 2 is 1.77 bits per heavy atom. The Kier molecular flexibility index (Phi) is 4.38. The van der Waals surface area contributed by atoms with Gasteiger partial charge >= 0.3 is 11.9 Å². The number of fused-ring (bicyclic) bond motifs is 1. The fourth-order valence-corrected chi connectivity index (χ4v) is 3.86.